The van der Waals surface area contributed by atoms with Crippen molar-refractivity contribution in [1.29, 1.82) is 0 Å². The van der Waals surface area contributed by atoms with E-state index in [4.69, 9.17) is 9.98 Å². The summed E-state index contributed by atoms with van der Waals surface area (Å²) in [5, 5.41) is 5.95. The Labute approximate surface area is 93.6 Å². The highest BCUT2D eigenvalue weighted by atomic mass is 32.2. The Morgan fingerprint density at radius 3 is 2.19 bits per heavy atom. The zero-order valence-corrected chi connectivity index (χ0v) is 9.69. The number of amides is 1. The summed E-state index contributed by atoms with van der Waals surface area (Å²) in [5.41, 5.74) is 0.316. The van der Waals surface area contributed by atoms with Crippen LogP contribution in [0.3, 0.4) is 0 Å². The van der Waals surface area contributed by atoms with E-state index in [2.05, 4.69) is 0 Å². The van der Waals surface area contributed by atoms with Crippen LogP contribution in [-0.2, 0) is 14.9 Å². The van der Waals surface area contributed by atoms with Gasteiger partial charge in [-0.3, -0.25) is 9.63 Å². The highest BCUT2D eigenvalue weighted by Crippen LogP contribution is 2.10. The molecule has 16 heavy (non-hydrogen) atoms. The van der Waals surface area contributed by atoms with Crippen molar-refractivity contribution in [2.45, 2.75) is 4.90 Å². The topological polar surface area (TPSA) is 89.7 Å². The van der Waals surface area contributed by atoms with Crippen LogP contribution in [0, 0.1) is 0 Å². The molecule has 0 spiro atoms. The van der Waals surface area contributed by atoms with Crippen LogP contribution in [0.1, 0.15) is 10.4 Å². The third-order valence-corrected chi connectivity index (χ3v) is 2.92. The lowest BCUT2D eigenvalue weighted by Crippen LogP contribution is -2.25. The Balaban J connectivity index is 3.00. The first-order chi connectivity index (χ1) is 7.36. The fourth-order valence-corrected chi connectivity index (χ4v) is 1.57. The maximum atomic E-state index is 11.6. The van der Waals surface area contributed by atoms with Gasteiger partial charge in [-0.25, -0.2) is 18.6 Å². The van der Waals surface area contributed by atoms with E-state index in [0.717, 1.165) is 5.06 Å². The van der Waals surface area contributed by atoms with Crippen molar-refractivity contribution in [3.8, 4) is 0 Å². The lowest BCUT2D eigenvalue weighted by molar-refractivity contribution is -0.0757. The quantitative estimate of drug-likeness (QED) is 0.756. The van der Waals surface area contributed by atoms with Gasteiger partial charge in [-0.15, -0.1) is 0 Å². The van der Waals surface area contributed by atoms with E-state index in [1.807, 2.05) is 0 Å². The van der Waals surface area contributed by atoms with Gasteiger partial charge in [-0.2, -0.15) is 0 Å². The molecule has 88 valence electrons. The van der Waals surface area contributed by atoms with Gasteiger partial charge in [0.1, 0.15) is 0 Å². The van der Waals surface area contributed by atoms with Crippen molar-refractivity contribution in [3.05, 3.63) is 29.8 Å². The van der Waals surface area contributed by atoms with Gasteiger partial charge in [-0.1, -0.05) is 0 Å². The summed E-state index contributed by atoms with van der Waals surface area (Å²) in [7, 11) is -0.915. The second kappa shape index (κ2) is 4.60. The molecule has 2 N–H and O–H groups in total. The fourth-order valence-electron chi connectivity index (χ4n) is 1.05. The Bertz CT molecular complexity index is 481. The van der Waals surface area contributed by atoms with Gasteiger partial charge in [0.15, 0.2) is 0 Å². The summed E-state index contributed by atoms with van der Waals surface area (Å²) in [6.07, 6.45) is 0. The Hall–Kier alpha value is -1.44. The van der Waals surface area contributed by atoms with E-state index in [0.29, 0.717) is 5.56 Å². The first-order valence-corrected chi connectivity index (χ1v) is 5.86. The number of carbonyl (C=O) groups is 1. The summed E-state index contributed by atoms with van der Waals surface area (Å²) < 4.78 is 21.9. The number of nitrogens with zero attached hydrogens (tertiary/aromatic N) is 1. The van der Waals surface area contributed by atoms with Crippen LogP contribution >= 0.6 is 0 Å². The van der Waals surface area contributed by atoms with Crippen molar-refractivity contribution in [3.63, 3.8) is 0 Å². The van der Waals surface area contributed by atoms with E-state index in [1.165, 1.54) is 38.4 Å². The zero-order chi connectivity index (χ0) is 12.3. The molecule has 0 radical (unpaired) electrons. The lowest BCUT2D eigenvalue weighted by Gasteiger charge is -2.13. The molecule has 0 saturated heterocycles. The summed E-state index contributed by atoms with van der Waals surface area (Å²) in [4.78, 5) is 16.2. The minimum Gasteiger partial charge on any atom is -0.274 e. The van der Waals surface area contributed by atoms with Gasteiger partial charge in [0.2, 0.25) is 10.0 Å². The maximum absolute atomic E-state index is 11.6. The standard InChI is InChI=1S/C9H12N2O4S/c1-11(15-2)9(12)7-3-5-8(6-4-7)16(10,13)14/h3-6H,1-2H3,(H2,10,13,14). The molecule has 0 heterocycles. The highest BCUT2D eigenvalue weighted by molar-refractivity contribution is 7.89. The summed E-state index contributed by atoms with van der Waals surface area (Å²) in [5.74, 6) is -0.372. The molecule has 0 aliphatic carbocycles. The van der Waals surface area contributed by atoms with Gasteiger partial charge in [0.25, 0.3) is 5.91 Å². The second-order valence-electron chi connectivity index (χ2n) is 3.05. The average molecular weight is 244 g/mol. The number of hydrogen-bond acceptors (Lipinski definition) is 4. The van der Waals surface area contributed by atoms with Crippen LogP contribution in [0.2, 0.25) is 0 Å². The largest absolute Gasteiger partial charge is 0.277 e. The van der Waals surface area contributed by atoms with Gasteiger partial charge in [0.05, 0.1) is 12.0 Å². The summed E-state index contributed by atoms with van der Waals surface area (Å²) in [6.45, 7) is 0. The predicted molar refractivity (Wildman–Crippen MR) is 56.9 cm³/mol. The van der Waals surface area contributed by atoms with Crippen molar-refractivity contribution in [1.82, 2.24) is 5.06 Å². The van der Waals surface area contributed by atoms with Gasteiger partial charge in [0, 0.05) is 12.6 Å². The molecule has 6 nitrogen and oxygen atoms in total. The first kappa shape index (κ1) is 12.6. The molecule has 0 saturated carbocycles. The number of hydroxylamine groups is 2. The van der Waals surface area contributed by atoms with Crippen LogP contribution in [0.5, 0.6) is 0 Å². The van der Waals surface area contributed by atoms with Gasteiger partial charge < -0.3 is 0 Å². The average Bonchev–Trinajstić information content (AvgIpc) is 2.26. The van der Waals surface area contributed by atoms with Crippen LogP contribution < -0.4 is 5.14 Å². The molecule has 0 aromatic heterocycles. The Morgan fingerprint density at radius 1 is 1.31 bits per heavy atom. The smallest absolute Gasteiger partial charge is 0.274 e. The minimum absolute atomic E-state index is 0.0379. The molecule has 0 bridgehead atoms. The summed E-state index contributed by atoms with van der Waals surface area (Å²) >= 11 is 0. The Morgan fingerprint density at radius 2 is 1.81 bits per heavy atom. The highest BCUT2D eigenvalue weighted by Gasteiger charge is 2.13. The number of nitrogens with two attached hydrogens (primary N) is 1. The number of primary sulfonamides is 1. The number of rotatable bonds is 3. The first-order valence-electron chi connectivity index (χ1n) is 4.31. The van der Waals surface area contributed by atoms with Crippen molar-refractivity contribution in [2.24, 2.45) is 5.14 Å². The van der Waals surface area contributed by atoms with E-state index in [1.54, 1.807) is 0 Å². The zero-order valence-electron chi connectivity index (χ0n) is 8.88. The molecule has 0 aliphatic heterocycles. The molecule has 0 unspecified atom stereocenters. The van der Waals surface area contributed by atoms with Crippen LogP contribution in [0.4, 0.5) is 0 Å². The van der Waals surface area contributed by atoms with Crippen molar-refractivity contribution >= 4 is 15.9 Å². The van der Waals surface area contributed by atoms with Crippen LogP contribution in [0.15, 0.2) is 29.2 Å². The third-order valence-electron chi connectivity index (χ3n) is 1.99. The van der Waals surface area contributed by atoms with Crippen molar-refractivity contribution < 1.29 is 18.0 Å². The third kappa shape index (κ3) is 2.78. The lowest BCUT2D eigenvalue weighted by atomic mass is 10.2. The molecule has 0 aliphatic rings. The number of hydrogen-bond donors (Lipinski definition) is 1. The molecule has 7 heteroatoms. The van der Waals surface area contributed by atoms with E-state index >= 15 is 0 Å². The molecular weight excluding hydrogens is 232 g/mol. The molecule has 1 aromatic carbocycles. The van der Waals surface area contributed by atoms with Crippen LogP contribution in [0.25, 0.3) is 0 Å². The summed E-state index contributed by atoms with van der Waals surface area (Å²) in [6, 6.07) is 5.29. The molecule has 1 rings (SSSR count). The van der Waals surface area contributed by atoms with Gasteiger partial charge in [-0.05, 0) is 24.3 Å². The molecule has 1 amide bonds. The van der Waals surface area contributed by atoms with E-state index in [-0.39, 0.29) is 10.8 Å². The number of carbonyl (C=O) groups excluding carboxylic acids is 1. The number of benzene rings is 1. The molecule has 0 atom stereocenters. The van der Waals surface area contributed by atoms with Gasteiger partial charge >= 0.3 is 0 Å². The predicted octanol–water partition coefficient (Wildman–Crippen LogP) is -0.0326. The molecular formula is C9H12N2O4S. The van der Waals surface area contributed by atoms with E-state index in [9.17, 15) is 13.2 Å². The normalized spacial score (nSPS) is 11.2. The van der Waals surface area contributed by atoms with Crippen LogP contribution in [-0.4, -0.2) is 33.5 Å². The monoisotopic (exact) mass is 244 g/mol. The van der Waals surface area contributed by atoms with Crippen molar-refractivity contribution in [2.75, 3.05) is 14.2 Å². The van der Waals surface area contributed by atoms with E-state index < -0.39 is 10.0 Å². The molecule has 0 fully saturated rings. The maximum Gasteiger partial charge on any atom is 0.277 e. The SMILES string of the molecule is CON(C)C(=O)c1ccc(S(N)(=O)=O)cc1. The number of sulfonamides is 1. The molecule has 1 aromatic rings. The fraction of sp³-hybridized carbons (Fsp3) is 0.222. The minimum atomic E-state index is -3.73. The second-order valence-corrected chi connectivity index (χ2v) is 4.62. The Kier molecular flexibility index (Phi) is 3.63.